The first kappa shape index (κ1) is 9.81. The van der Waals surface area contributed by atoms with Crippen molar-refractivity contribution in [2.24, 2.45) is 17.8 Å². The SMILES string of the molecule is CC(C(=O)O)(C1CC1)N1C(=O)C2CC2C1=O. The lowest BCUT2D eigenvalue weighted by Gasteiger charge is -2.34. The Morgan fingerprint density at radius 2 is 1.81 bits per heavy atom. The number of hydrogen-bond donors (Lipinski definition) is 1. The van der Waals surface area contributed by atoms with E-state index in [0.717, 1.165) is 17.7 Å². The predicted molar refractivity (Wildman–Crippen MR) is 52.2 cm³/mol. The Hall–Kier alpha value is -1.39. The fourth-order valence-electron chi connectivity index (χ4n) is 2.74. The van der Waals surface area contributed by atoms with Crippen LogP contribution in [0.3, 0.4) is 0 Å². The van der Waals surface area contributed by atoms with Crippen LogP contribution in [0.2, 0.25) is 0 Å². The normalized spacial score (nSPS) is 35.9. The molecule has 1 aliphatic heterocycles. The molecule has 1 N–H and O–H groups in total. The minimum absolute atomic E-state index is 0.0598. The number of carboxylic acid groups (broad SMARTS) is 1. The third kappa shape index (κ3) is 0.982. The second kappa shape index (κ2) is 2.64. The lowest BCUT2D eigenvalue weighted by Crippen LogP contribution is -2.57. The Bertz CT molecular complexity index is 394. The third-order valence-corrected chi connectivity index (χ3v) is 4.14. The molecule has 0 radical (unpaired) electrons. The van der Waals surface area contributed by atoms with Gasteiger partial charge in [0.25, 0.3) is 0 Å². The number of carboxylic acids is 1. The van der Waals surface area contributed by atoms with E-state index < -0.39 is 11.5 Å². The summed E-state index contributed by atoms with van der Waals surface area (Å²) in [5, 5.41) is 9.29. The van der Waals surface area contributed by atoms with E-state index in [0.29, 0.717) is 6.42 Å². The molecule has 3 rings (SSSR count). The Kier molecular flexibility index (Phi) is 1.62. The highest BCUT2D eigenvalue weighted by Crippen LogP contribution is 2.53. The first-order valence-electron chi connectivity index (χ1n) is 5.59. The first-order chi connectivity index (χ1) is 7.48. The second-order valence-corrected chi connectivity index (χ2v) is 5.19. The van der Waals surface area contributed by atoms with Crippen molar-refractivity contribution in [2.45, 2.75) is 31.7 Å². The molecule has 0 aromatic heterocycles. The molecule has 2 saturated carbocycles. The van der Waals surface area contributed by atoms with Gasteiger partial charge in [0.2, 0.25) is 11.8 Å². The maximum atomic E-state index is 11.9. The zero-order chi connectivity index (χ0) is 11.7. The van der Waals surface area contributed by atoms with Crippen molar-refractivity contribution in [2.75, 3.05) is 0 Å². The van der Waals surface area contributed by atoms with Crippen LogP contribution >= 0.6 is 0 Å². The van der Waals surface area contributed by atoms with Crippen molar-refractivity contribution >= 4 is 17.8 Å². The first-order valence-corrected chi connectivity index (χ1v) is 5.59. The minimum Gasteiger partial charge on any atom is -0.479 e. The number of amides is 2. The van der Waals surface area contributed by atoms with Crippen LogP contribution in [0, 0.1) is 17.8 Å². The molecule has 3 unspecified atom stereocenters. The number of likely N-dealkylation sites (tertiary alicyclic amines) is 1. The summed E-state index contributed by atoms with van der Waals surface area (Å²) in [6, 6.07) is 0. The van der Waals surface area contributed by atoms with Gasteiger partial charge in [0.05, 0.1) is 11.8 Å². The van der Waals surface area contributed by atoms with Crippen molar-refractivity contribution in [3.63, 3.8) is 0 Å². The van der Waals surface area contributed by atoms with E-state index in [9.17, 15) is 19.5 Å². The van der Waals surface area contributed by atoms with Crippen LogP contribution in [0.15, 0.2) is 0 Å². The number of fused-ring (bicyclic) bond motifs is 1. The van der Waals surface area contributed by atoms with Gasteiger partial charge in [-0.2, -0.15) is 0 Å². The van der Waals surface area contributed by atoms with Crippen molar-refractivity contribution in [3.8, 4) is 0 Å². The summed E-state index contributed by atoms with van der Waals surface area (Å²) < 4.78 is 0. The summed E-state index contributed by atoms with van der Waals surface area (Å²) in [7, 11) is 0. The zero-order valence-corrected chi connectivity index (χ0v) is 8.97. The summed E-state index contributed by atoms with van der Waals surface area (Å²) >= 11 is 0. The maximum absolute atomic E-state index is 11.9. The van der Waals surface area contributed by atoms with Crippen LogP contribution < -0.4 is 0 Å². The van der Waals surface area contributed by atoms with Gasteiger partial charge in [0.15, 0.2) is 0 Å². The summed E-state index contributed by atoms with van der Waals surface area (Å²) in [6.07, 6.45) is 2.19. The highest BCUT2D eigenvalue weighted by Gasteiger charge is 2.67. The minimum atomic E-state index is -1.30. The van der Waals surface area contributed by atoms with Gasteiger partial charge in [0, 0.05) is 0 Å². The average Bonchev–Trinajstić information content (AvgIpc) is 3.09. The van der Waals surface area contributed by atoms with E-state index in [1.54, 1.807) is 0 Å². The van der Waals surface area contributed by atoms with E-state index in [4.69, 9.17) is 0 Å². The number of nitrogens with zero attached hydrogens (tertiary/aromatic N) is 1. The van der Waals surface area contributed by atoms with E-state index in [2.05, 4.69) is 0 Å². The van der Waals surface area contributed by atoms with Crippen molar-refractivity contribution in [1.29, 1.82) is 0 Å². The molecule has 0 spiro atoms. The molecule has 0 bridgehead atoms. The zero-order valence-electron chi connectivity index (χ0n) is 8.97. The summed E-state index contributed by atoms with van der Waals surface area (Å²) in [5.74, 6) is -2.10. The van der Waals surface area contributed by atoms with Crippen LogP contribution in [0.1, 0.15) is 26.2 Å². The molecule has 2 amide bonds. The molecule has 3 fully saturated rings. The van der Waals surface area contributed by atoms with Crippen LogP contribution in [0.25, 0.3) is 0 Å². The monoisotopic (exact) mass is 223 g/mol. The fourth-order valence-corrected chi connectivity index (χ4v) is 2.74. The van der Waals surface area contributed by atoms with Gasteiger partial charge in [-0.25, -0.2) is 4.79 Å². The van der Waals surface area contributed by atoms with Crippen molar-refractivity contribution < 1.29 is 19.5 Å². The molecule has 1 heterocycles. The number of carbonyl (C=O) groups is 3. The van der Waals surface area contributed by atoms with Gasteiger partial charge in [-0.1, -0.05) is 0 Å². The van der Waals surface area contributed by atoms with Crippen LogP contribution in [-0.2, 0) is 14.4 Å². The van der Waals surface area contributed by atoms with E-state index in [-0.39, 0.29) is 29.6 Å². The molecule has 3 aliphatic rings. The topological polar surface area (TPSA) is 74.7 Å². The van der Waals surface area contributed by atoms with Crippen molar-refractivity contribution in [3.05, 3.63) is 0 Å². The smallest absolute Gasteiger partial charge is 0.330 e. The van der Waals surface area contributed by atoms with E-state index in [1.165, 1.54) is 6.92 Å². The molecule has 5 nitrogen and oxygen atoms in total. The molecular weight excluding hydrogens is 210 g/mol. The molecule has 0 aromatic carbocycles. The van der Waals surface area contributed by atoms with Gasteiger partial charge in [-0.05, 0) is 32.1 Å². The van der Waals surface area contributed by atoms with Crippen LogP contribution in [0.5, 0.6) is 0 Å². The molecular formula is C11H13NO4. The molecule has 1 saturated heterocycles. The Morgan fingerprint density at radius 3 is 2.19 bits per heavy atom. The Labute approximate surface area is 92.4 Å². The highest BCUT2D eigenvalue weighted by atomic mass is 16.4. The molecule has 3 atom stereocenters. The number of rotatable bonds is 3. The fraction of sp³-hybridized carbons (Fsp3) is 0.727. The number of hydrogen-bond acceptors (Lipinski definition) is 3. The van der Waals surface area contributed by atoms with Crippen LogP contribution in [0.4, 0.5) is 0 Å². The van der Waals surface area contributed by atoms with Crippen LogP contribution in [-0.4, -0.2) is 33.3 Å². The van der Waals surface area contributed by atoms with E-state index >= 15 is 0 Å². The standard InChI is InChI=1S/C11H13NO4/c1-11(10(15)16,5-2-3-5)12-8(13)6-4-7(6)9(12)14/h5-7H,2-4H2,1H3,(H,15,16). The van der Waals surface area contributed by atoms with Gasteiger partial charge < -0.3 is 5.11 Å². The lowest BCUT2D eigenvalue weighted by molar-refractivity contribution is -0.165. The third-order valence-electron chi connectivity index (χ3n) is 4.14. The second-order valence-electron chi connectivity index (χ2n) is 5.19. The number of carbonyl (C=O) groups excluding carboxylic acids is 2. The van der Waals surface area contributed by atoms with Crippen molar-refractivity contribution in [1.82, 2.24) is 4.90 Å². The summed E-state index contributed by atoms with van der Waals surface area (Å²) in [5.41, 5.74) is -1.30. The van der Waals surface area contributed by atoms with Gasteiger partial charge in [0.1, 0.15) is 5.54 Å². The molecule has 86 valence electrons. The van der Waals surface area contributed by atoms with Gasteiger partial charge >= 0.3 is 5.97 Å². The summed E-state index contributed by atoms with van der Waals surface area (Å²) in [6.45, 7) is 1.51. The molecule has 2 aliphatic carbocycles. The molecule has 0 aromatic rings. The Morgan fingerprint density at radius 1 is 1.31 bits per heavy atom. The quantitative estimate of drug-likeness (QED) is 0.696. The maximum Gasteiger partial charge on any atom is 0.330 e. The average molecular weight is 223 g/mol. The molecule has 16 heavy (non-hydrogen) atoms. The van der Waals surface area contributed by atoms with Gasteiger partial charge in [-0.3, -0.25) is 14.5 Å². The lowest BCUT2D eigenvalue weighted by atomic mass is 9.93. The van der Waals surface area contributed by atoms with Gasteiger partial charge in [-0.15, -0.1) is 0 Å². The number of imide groups is 1. The highest BCUT2D eigenvalue weighted by molar-refractivity contribution is 6.12. The summed E-state index contributed by atoms with van der Waals surface area (Å²) in [4.78, 5) is 36.2. The number of aliphatic carboxylic acids is 1. The molecule has 5 heteroatoms. The number of piperidine rings is 1. The predicted octanol–water partition coefficient (Wildman–Crippen LogP) is 0.245. The Balaban J connectivity index is 1.98. The largest absolute Gasteiger partial charge is 0.479 e. The van der Waals surface area contributed by atoms with E-state index in [1.807, 2.05) is 0 Å².